The molecular weight excluding hydrogens is 354 g/mol. The maximum atomic E-state index is 12.4. The van der Waals surface area contributed by atoms with Crippen LogP contribution in [0.15, 0.2) is 48.5 Å². The third kappa shape index (κ3) is 4.89. The van der Waals surface area contributed by atoms with Crippen LogP contribution in [0.1, 0.15) is 22.8 Å². The molecule has 1 aliphatic heterocycles. The first-order valence-electron chi connectivity index (χ1n) is 9.29. The minimum Gasteiger partial charge on any atom is -0.484 e. The van der Waals surface area contributed by atoms with Crippen LogP contribution < -0.4 is 9.64 Å². The highest BCUT2D eigenvalue weighted by Crippen LogP contribution is 2.18. The molecule has 0 radical (unpaired) electrons. The van der Waals surface area contributed by atoms with Crippen molar-refractivity contribution in [2.45, 2.75) is 13.3 Å². The van der Waals surface area contributed by atoms with E-state index in [-0.39, 0.29) is 18.3 Å². The van der Waals surface area contributed by atoms with Crippen LogP contribution in [0.3, 0.4) is 0 Å². The standard InChI is InChI=1S/C22H23N3O3/c1-17(26)19-4-6-20(7-5-19)24-12-14-25(15-13-24)22(27)16-28-21-8-2-18(3-9-21)10-11-23/h2-9H,10,12-16H2,1H3. The van der Waals surface area contributed by atoms with Crippen molar-refractivity contribution in [1.29, 1.82) is 5.26 Å². The fourth-order valence-electron chi connectivity index (χ4n) is 3.15. The van der Waals surface area contributed by atoms with Gasteiger partial charge in [0.05, 0.1) is 12.5 Å². The van der Waals surface area contributed by atoms with E-state index >= 15 is 0 Å². The SMILES string of the molecule is CC(=O)c1ccc(N2CCN(C(=O)COc3ccc(CC#N)cc3)CC2)cc1. The Bertz CT molecular complexity index is 861. The van der Waals surface area contributed by atoms with Gasteiger partial charge in [0.1, 0.15) is 5.75 Å². The molecule has 2 aromatic carbocycles. The van der Waals surface area contributed by atoms with Crippen LogP contribution in [-0.4, -0.2) is 49.4 Å². The van der Waals surface area contributed by atoms with E-state index in [1.165, 1.54) is 0 Å². The molecule has 1 aliphatic rings. The molecule has 1 saturated heterocycles. The second kappa shape index (κ2) is 9.05. The van der Waals surface area contributed by atoms with Crippen LogP contribution in [0.5, 0.6) is 5.75 Å². The van der Waals surface area contributed by atoms with Gasteiger partial charge in [-0.1, -0.05) is 12.1 Å². The van der Waals surface area contributed by atoms with Crippen molar-refractivity contribution < 1.29 is 14.3 Å². The lowest BCUT2D eigenvalue weighted by Crippen LogP contribution is -2.50. The Hall–Kier alpha value is -3.33. The first kappa shape index (κ1) is 19.4. The average molecular weight is 377 g/mol. The van der Waals surface area contributed by atoms with Gasteiger partial charge in [-0.2, -0.15) is 5.26 Å². The molecule has 0 atom stereocenters. The fraction of sp³-hybridized carbons (Fsp3) is 0.318. The van der Waals surface area contributed by atoms with Gasteiger partial charge < -0.3 is 14.5 Å². The van der Waals surface area contributed by atoms with Gasteiger partial charge in [-0.15, -0.1) is 0 Å². The van der Waals surface area contributed by atoms with E-state index in [4.69, 9.17) is 10.00 Å². The molecular formula is C22H23N3O3. The normalized spacial score (nSPS) is 13.7. The Balaban J connectivity index is 1.47. The van der Waals surface area contributed by atoms with Crippen LogP contribution in [-0.2, 0) is 11.2 Å². The molecule has 1 amide bonds. The molecule has 0 saturated carbocycles. The molecule has 28 heavy (non-hydrogen) atoms. The van der Waals surface area contributed by atoms with Gasteiger partial charge in [0.25, 0.3) is 5.91 Å². The zero-order valence-corrected chi connectivity index (χ0v) is 15.9. The third-order valence-corrected chi connectivity index (χ3v) is 4.84. The molecule has 2 aromatic rings. The maximum Gasteiger partial charge on any atom is 0.260 e. The Labute approximate surface area is 164 Å². The minimum absolute atomic E-state index is 0.00487. The van der Waals surface area contributed by atoms with Gasteiger partial charge in [0.15, 0.2) is 12.4 Å². The maximum absolute atomic E-state index is 12.4. The largest absolute Gasteiger partial charge is 0.484 e. The number of nitriles is 1. The lowest BCUT2D eigenvalue weighted by Gasteiger charge is -2.36. The van der Waals surface area contributed by atoms with Gasteiger partial charge in [-0.3, -0.25) is 9.59 Å². The number of piperazine rings is 1. The highest BCUT2D eigenvalue weighted by molar-refractivity contribution is 5.94. The van der Waals surface area contributed by atoms with E-state index in [0.717, 1.165) is 24.3 Å². The van der Waals surface area contributed by atoms with E-state index in [0.29, 0.717) is 30.8 Å². The first-order chi connectivity index (χ1) is 13.6. The third-order valence-electron chi connectivity index (χ3n) is 4.84. The van der Waals surface area contributed by atoms with Crippen molar-refractivity contribution >= 4 is 17.4 Å². The number of carbonyl (C=O) groups excluding carboxylic acids is 2. The Kier molecular flexibility index (Phi) is 6.28. The number of hydrogen-bond donors (Lipinski definition) is 0. The van der Waals surface area contributed by atoms with Crippen molar-refractivity contribution in [3.05, 3.63) is 59.7 Å². The summed E-state index contributed by atoms with van der Waals surface area (Å²) >= 11 is 0. The summed E-state index contributed by atoms with van der Waals surface area (Å²) in [7, 11) is 0. The Morgan fingerprint density at radius 3 is 2.21 bits per heavy atom. The monoisotopic (exact) mass is 377 g/mol. The minimum atomic E-state index is -0.0346. The molecule has 3 rings (SSSR count). The molecule has 0 N–H and O–H groups in total. The molecule has 1 heterocycles. The average Bonchev–Trinajstić information content (AvgIpc) is 2.73. The number of amides is 1. The molecule has 0 aliphatic carbocycles. The molecule has 6 heteroatoms. The molecule has 0 spiro atoms. The van der Waals surface area contributed by atoms with E-state index in [1.807, 2.05) is 41.3 Å². The first-order valence-corrected chi connectivity index (χ1v) is 9.29. The number of nitrogens with zero attached hydrogens (tertiary/aromatic N) is 3. The fourth-order valence-corrected chi connectivity index (χ4v) is 3.15. The number of Topliss-reactive ketones (excluding diaryl/α,β-unsaturated/α-hetero) is 1. The van der Waals surface area contributed by atoms with Crippen molar-refractivity contribution in [1.82, 2.24) is 4.90 Å². The predicted molar refractivity (Wildman–Crippen MR) is 106 cm³/mol. The number of benzene rings is 2. The summed E-state index contributed by atoms with van der Waals surface area (Å²) in [4.78, 5) is 27.8. The number of anilines is 1. The quantitative estimate of drug-likeness (QED) is 0.724. The van der Waals surface area contributed by atoms with Gasteiger partial charge in [-0.05, 0) is 48.9 Å². The number of ketones is 1. The van der Waals surface area contributed by atoms with Crippen LogP contribution >= 0.6 is 0 Å². The van der Waals surface area contributed by atoms with Crippen LogP contribution in [0.4, 0.5) is 5.69 Å². The zero-order valence-electron chi connectivity index (χ0n) is 15.9. The van der Waals surface area contributed by atoms with E-state index < -0.39 is 0 Å². The molecule has 144 valence electrons. The van der Waals surface area contributed by atoms with Crippen molar-refractivity contribution in [3.63, 3.8) is 0 Å². The smallest absolute Gasteiger partial charge is 0.260 e. The number of carbonyl (C=O) groups is 2. The van der Waals surface area contributed by atoms with Crippen LogP contribution in [0.25, 0.3) is 0 Å². The summed E-state index contributed by atoms with van der Waals surface area (Å²) in [5.74, 6) is 0.647. The number of rotatable bonds is 6. The summed E-state index contributed by atoms with van der Waals surface area (Å²) < 4.78 is 5.58. The number of ether oxygens (including phenoxy) is 1. The molecule has 0 aromatic heterocycles. The lowest BCUT2D eigenvalue weighted by atomic mass is 10.1. The van der Waals surface area contributed by atoms with E-state index in [2.05, 4.69) is 11.0 Å². The molecule has 0 unspecified atom stereocenters. The molecule has 6 nitrogen and oxygen atoms in total. The Morgan fingerprint density at radius 1 is 1.00 bits per heavy atom. The van der Waals surface area contributed by atoms with E-state index in [9.17, 15) is 9.59 Å². The highest BCUT2D eigenvalue weighted by Gasteiger charge is 2.21. The lowest BCUT2D eigenvalue weighted by molar-refractivity contribution is -0.133. The zero-order chi connectivity index (χ0) is 19.9. The summed E-state index contributed by atoms with van der Waals surface area (Å²) in [6.45, 7) is 4.32. The summed E-state index contributed by atoms with van der Waals surface area (Å²) in [6, 6.07) is 16.9. The summed E-state index contributed by atoms with van der Waals surface area (Å²) in [6.07, 6.45) is 0.362. The summed E-state index contributed by atoms with van der Waals surface area (Å²) in [5.41, 5.74) is 2.69. The van der Waals surface area contributed by atoms with Gasteiger partial charge in [-0.25, -0.2) is 0 Å². The highest BCUT2D eigenvalue weighted by atomic mass is 16.5. The summed E-state index contributed by atoms with van der Waals surface area (Å²) in [5, 5.41) is 8.69. The van der Waals surface area contributed by atoms with Gasteiger partial charge >= 0.3 is 0 Å². The van der Waals surface area contributed by atoms with Crippen LogP contribution in [0.2, 0.25) is 0 Å². The molecule has 1 fully saturated rings. The van der Waals surface area contributed by atoms with Gasteiger partial charge in [0, 0.05) is 37.4 Å². The predicted octanol–water partition coefficient (Wildman–Crippen LogP) is 2.68. The van der Waals surface area contributed by atoms with E-state index in [1.54, 1.807) is 19.1 Å². The van der Waals surface area contributed by atoms with Crippen LogP contribution in [0, 0.1) is 11.3 Å². The van der Waals surface area contributed by atoms with Gasteiger partial charge in [0.2, 0.25) is 0 Å². The van der Waals surface area contributed by atoms with Crippen molar-refractivity contribution in [2.24, 2.45) is 0 Å². The second-order valence-corrected chi connectivity index (χ2v) is 6.74. The van der Waals surface area contributed by atoms with Crippen molar-refractivity contribution in [3.8, 4) is 11.8 Å². The molecule has 0 bridgehead atoms. The number of hydrogen-bond acceptors (Lipinski definition) is 5. The second-order valence-electron chi connectivity index (χ2n) is 6.74. The van der Waals surface area contributed by atoms with Crippen molar-refractivity contribution in [2.75, 3.05) is 37.7 Å². The Morgan fingerprint density at radius 2 is 1.64 bits per heavy atom. The topological polar surface area (TPSA) is 73.6 Å².